The first-order valence-corrected chi connectivity index (χ1v) is 10.1. The van der Waals surface area contributed by atoms with Crippen LogP contribution in [-0.4, -0.2) is 44.2 Å². The van der Waals surface area contributed by atoms with Crippen LogP contribution < -0.4 is 14.8 Å². The van der Waals surface area contributed by atoms with Crippen molar-refractivity contribution in [2.45, 2.75) is 31.8 Å². The summed E-state index contributed by atoms with van der Waals surface area (Å²) in [5.74, 6) is 1.40. The fourth-order valence-corrected chi connectivity index (χ4v) is 4.12. The summed E-state index contributed by atoms with van der Waals surface area (Å²) >= 11 is 0. The number of methoxy groups -OCH3 is 2. The van der Waals surface area contributed by atoms with Gasteiger partial charge < -0.3 is 14.8 Å². The molecule has 3 rings (SSSR count). The van der Waals surface area contributed by atoms with Crippen LogP contribution in [0.2, 0.25) is 0 Å². The fraction of sp³-hybridized carbons (Fsp3) is 0.375. The van der Waals surface area contributed by atoms with Crippen molar-refractivity contribution >= 4 is 5.91 Å². The Morgan fingerprint density at radius 3 is 2.55 bits per heavy atom. The van der Waals surface area contributed by atoms with Crippen molar-refractivity contribution in [1.29, 1.82) is 0 Å². The van der Waals surface area contributed by atoms with E-state index in [4.69, 9.17) is 9.47 Å². The number of carbonyl (C=O) groups is 1. The lowest BCUT2D eigenvalue weighted by Gasteiger charge is -2.41. The largest absolute Gasteiger partial charge is 0.493 e. The van der Waals surface area contributed by atoms with Gasteiger partial charge in [-0.1, -0.05) is 31.2 Å². The molecule has 5 heteroatoms. The van der Waals surface area contributed by atoms with Gasteiger partial charge in [-0.05, 0) is 48.2 Å². The molecule has 1 amide bonds. The number of hydrogen-bond donors (Lipinski definition) is 1. The number of nitrogens with one attached hydrogen (secondary N) is 1. The van der Waals surface area contributed by atoms with Crippen LogP contribution in [0.1, 0.15) is 40.9 Å². The van der Waals surface area contributed by atoms with Gasteiger partial charge in [0.15, 0.2) is 11.5 Å². The quantitative estimate of drug-likeness (QED) is 0.688. The van der Waals surface area contributed by atoms with Gasteiger partial charge in [-0.25, -0.2) is 0 Å². The zero-order valence-corrected chi connectivity index (χ0v) is 17.5. The maximum Gasteiger partial charge on any atom is 0.251 e. The Balaban J connectivity index is 1.98. The summed E-state index contributed by atoms with van der Waals surface area (Å²) in [4.78, 5) is 15.2. The molecule has 5 nitrogen and oxygen atoms in total. The van der Waals surface area contributed by atoms with Crippen molar-refractivity contribution < 1.29 is 14.3 Å². The van der Waals surface area contributed by atoms with Gasteiger partial charge in [-0.3, -0.25) is 9.69 Å². The van der Waals surface area contributed by atoms with Crippen molar-refractivity contribution in [2.75, 3.05) is 27.3 Å². The third-order valence-electron chi connectivity index (χ3n) is 5.56. The first-order valence-electron chi connectivity index (χ1n) is 10.1. The molecule has 29 heavy (non-hydrogen) atoms. The van der Waals surface area contributed by atoms with E-state index in [9.17, 15) is 4.79 Å². The molecule has 1 heterocycles. The molecular formula is C24H30N2O3. The lowest BCUT2D eigenvalue weighted by atomic mass is 9.86. The standard InChI is InChI=1S/C24H30N2O3/c1-5-13-26-14-12-18-15-21(28-3)22(29-4)16-19(18)23(26)20(6-2)25-24(27)17-10-8-7-9-11-17/h5,7-11,15-16,20,23H,1,6,12-14H2,2-4H3,(H,25,27). The predicted molar refractivity (Wildman–Crippen MR) is 116 cm³/mol. The number of benzene rings is 2. The minimum absolute atomic E-state index is 0.0363. The molecule has 0 saturated carbocycles. The number of carbonyl (C=O) groups excluding carboxylic acids is 1. The predicted octanol–water partition coefficient (Wildman–Crippen LogP) is 4.00. The van der Waals surface area contributed by atoms with Gasteiger partial charge in [0.1, 0.15) is 0 Å². The third-order valence-corrected chi connectivity index (χ3v) is 5.56. The smallest absolute Gasteiger partial charge is 0.251 e. The Labute approximate surface area is 173 Å². The Hall–Kier alpha value is -2.79. The van der Waals surface area contributed by atoms with Crippen LogP contribution in [0.25, 0.3) is 0 Å². The summed E-state index contributed by atoms with van der Waals surface area (Å²) in [5.41, 5.74) is 3.08. The summed E-state index contributed by atoms with van der Waals surface area (Å²) in [7, 11) is 3.31. The highest BCUT2D eigenvalue weighted by Gasteiger charge is 2.34. The van der Waals surface area contributed by atoms with Crippen LogP contribution in [0.5, 0.6) is 11.5 Å². The first-order chi connectivity index (χ1) is 14.1. The molecule has 2 aromatic carbocycles. The number of amides is 1. The molecule has 0 radical (unpaired) electrons. The second kappa shape index (κ2) is 9.61. The van der Waals surface area contributed by atoms with E-state index in [1.54, 1.807) is 14.2 Å². The van der Waals surface area contributed by atoms with Gasteiger partial charge in [0.25, 0.3) is 5.91 Å². The van der Waals surface area contributed by atoms with Crippen LogP contribution in [-0.2, 0) is 6.42 Å². The van der Waals surface area contributed by atoms with E-state index < -0.39 is 0 Å². The normalized spacial score (nSPS) is 17.1. The SMILES string of the molecule is C=CCN1CCc2cc(OC)c(OC)cc2C1C(CC)NC(=O)c1ccccc1. The average Bonchev–Trinajstić information content (AvgIpc) is 2.77. The van der Waals surface area contributed by atoms with E-state index in [1.807, 2.05) is 36.4 Å². The molecule has 0 spiro atoms. The monoisotopic (exact) mass is 394 g/mol. The summed E-state index contributed by atoms with van der Waals surface area (Å²) in [6, 6.07) is 13.5. The minimum atomic E-state index is -0.0522. The highest BCUT2D eigenvalue weighted by Crippen LogP contribution is 2.40. The highest BCUT2D eigenvalue weighted by molar-refractivity contribution is 5.94. The zero-order valence-electron chi connectivity index (χ0n) is 17.5. The molecule has 0 aromatic heterocycles. The van der Waals surface area contributed by atoms with Crippen molar-refractivity contribution in [2.24, 2.45) is 0 Å². The summed E-state index contributed by atoms with van der Waals surface area (Å²) in [5, 5.41) is 3.26. The number of hydrogen-bond acceptors (Lipinski definition) is 4. The maximum absolute atomic E-state index is 12.9. The van der Waals surface area contributed by atoms with Crippen LogP contribution in [0.4, 0.5) is 0 Å². The molecule has 2 aromatic rings. The Kier molecular flexibility index (Phi) is 6.94. The Morgan fingerprint density at radius 2 is 1.93 bits per heavy atom. The Bertz CT molecular complexity index is 851. The number of fused-ring (bicyclic) bond motifs is 1. The molecular weight excluding hydrogens is 364 g/mol. The van der Waals surface area contributed by atoms with Crippen LogP contribution in [0.3, 0.4) is 0 Å². The van der Waals surface area contributed by atoms with Crippen LogP contribution >= 0.6 is 0 Å². The fourth-order valence-electron chi connectivity index (χ4n) is 4.12. The molecule has 154 valence electrons. The van der Waals surface area contributed by atoms with Gasteiger partial charge >= 0.3 is 0 Å². The molecule has 2 atom stereocenters. The summed E-state index contributed by atoms with van der Waals surface area (Å²) in [6.45, 7) is 7.69. The van der Waals surface area contributed by atoms with Gasteiger partial charge in [0, 0.05) is 24.7 Å². The number of rotatable bonds is 8. The van der Waals surface area contributed by atoms with Crippen LogP contribution in [0, 0.1) is 0 Å². The van der Waals surface area contributed by atoms with Crippen LogP contribution in [0.15, 0.2) is 55.1 Å². The van der Waals surface area contributed by atoms with E-state index >= 15 is 0 Å². The van der Waals surface area contributed by atoms with Crippen molar-refractivity contribution in [3.05, 3.63) is 71.8 Å². The van der Waals surface area contributed by atoms with E-state index in [1.165, 1.54) is 11.1 Å². The van der Waals surface area contributed by atoms with Crippen molar-refractivity contribution in [1.82, 2.24) is 10.2 Å². The molecule has 0 aliphatic carbocycles. The topological polar surface area (TPSA) is 50.8 Å². The van der Waals surface area contributed by atoms with E-state index in [-0.39, 0.29) is 18.0 Å². The molecule has 2 unspecified atom stereocenters. The second-order valence-electron chi connectivity index (χ2n) is 7.24. The second-order valence-corrected chi connectivity index (χ2v) is 7.24. The zero-order chi connectivity index (χ0) is 20.8. The lowest BCUT2D eigenvalue weighted by Crippen LogP contribution is -2.48. The molecule has 0 saturated heterocycles. The molecule has 1 aliphatic heterocycles. The average molecular weight is 395 g/mol. The lowest BCUT2D eigenvalue weighted by molar-refractivity contribution is 0.0880. The van der Waals surface area contributed by atoms with E-state index in [2.05, 4.69) is 35.9 Å². The first kappa shape index (κ1) is 20.9. The Morgan fingerprint density at radius 1 is 1.24 bits per heavy atom. The minimum Gasteiger partial charge on any atom is -0.493 e. The van der Waals surface area contributed by atoms with Gasteiger partial charge in [-0.15, -0.1) is 6.58 Å². The van der Waals surface area contributed by atoms with Gasteiger partial charge in [0.05, 0.1) is 20.3 Å². The third kappa shape index (κ3) is 4.46. The van der Waals surface area contributed by atoms with E-state index in [0.717, 1.165) is 31.7 Å². The number of ether oxygens (including phenoxy) is 2. The molecule has 0 bridgehead atoms. The van der Waals surface area contributed by atoms with Crippen molar-refractivity contribution in [3.63, 3.8) is 0 Å². The number of nitrogens with zero attached hydrogens (tertiary/aromatic N) is 1. The van der Waals surface area contributed by atoms with E-state index in [0.29, 0.717) is 11.3 Å². The molecule has 1 aliphatic rings. The maximum atomic E-state index is 12.9. The van der Waals surface area contributed by atoms with Crippen molar-refractivity contribution in [3.8, 4) is 11.5 Å². The molecule has 0 fully saturated rings. The van der Waals surface area contributed by atoms with Gasteiger partial charge in [0.2, 0.25) is 0 Å². The highest BCUT2D eigenvalue weighted by atomic mass is 16.5. The van der Waals surface area contributed by atoms with Gasteiger partial charge in [-0.2, -0.15) is 0 Å². The summed E-state index contributed by atoms with van der Waals surface area (Å²) in [6.07, 6.45) is 3.65. The molecule has 1 N–H and O–H groups in total. The summed E-state index contributed by atoms with van der Waals surface area (Å²) < 4.78 is 11.1.